The normalized spacial score (nSPS) is 14.4. The average molecular weight is 318 g/mol. The lowest BCUT2D eigenvalue weighted by molar-refractivity contribution is 0.0695. The van der Waals surface area contributed by atoms with Gasteiger partial charge in [-0.3, -0.25) is 4.98 Å². The number of carbonyl (C=O) groups is 1. The third-order valence-electron chi connectivity index (χ3n) is 3.27. The molecule has 19 heavy (non-hydrogen) atoms. The molecular formula is C15H12BrNO2. The highest BCUT2D eigenvalue weighted by molar-refractivity contribution is 9.10. The van der Waals surface area contributed by atoms with Crippen molar-refractivity contribution in [3.8, 4) is 11.3 Å². The van der Waals surface area contributed by atoms with Crippen LogP contribution >= 0.6 is 15.9 Å². The largest absolute Gasteiger partial charge is 0.478 e. The van der Waals surface area contributed by atoms with Crippen molar-refractivity contribution in [2.24, 2.45) is 0 Å². The van der Waals surface area contributed by atoms with E-state index in [-0.39, 0.29) is 0 Å². The van der Waals surface area contributed by atoms with Gasteiger partial charge in [0, 0.05) is 16.0 Å². The minimum absolute atomic E-state index is 0.313. The molecule has 1 aromatic carbocycles. The lowest BCUT2D eigenvalue weighted by atomic mass is 10.1. The number of carboxylic acid groups (broad SMARTS) is 1. The number of aromatic carboxylic acids is 1. The molecule has 1 aromatic heterocycles. The summed E-state index contributed by atoms with van der Waals surface area (Å²) >= 11 is 3.50. The Hall–Kier alpha value is -1.68. The van der Waals surface area contributed by atoms with E-state index in [0.29, 0.717) is 11.5 Å². The Labute approximate surface area is 119 Å². The SMILES string of the molecule is O=C(O)c1ccc(-c2ccccc2Br)nc1C1CC1. The number of halogens is 1. The molecule has 1 saturated carbocycles. The minimum atomic E-state index is -0.895. The lowest BCUT2D eigenvalue weighted by Gasteiger charge is -2.08. The third-order valence-corrected chi connectivity index (χ3v) is 3.96. The van der Waals surface area contributed by atoms with Gasteiger partial charge in [-0.2, -0.15) is 0 Å². The van der Waals surface area contributed by atoms with E-state index in [0.717, 1.165) is 34.3 Å². The monoisotopic (exact) mass is 317 g/mol. The van der Waals surface area contributed by atoms with Crippen LogP contribution in [0.25, 0.3) is 11.3 Å². The van der Waals surface area contributed by atoms with E-state index in [2.05, 4.69) is 20.9 Å². The van der Waals surface area contributed by atoms with Crippen LogP contribution < -0.4 is 0 Å². The molecule has 4 heteroatoms. The number of benzene rings is 1. The predicted molar refractivity (Wildman–Crippen MR) is 76.3 cm³/mol. The second kappa shape index (κ2) is 4.78. The van der Waals surface area contributed by atoms with Gasteiger partial charge < -0.3 is 5.11 Å². The molecule has 3 rings (SSSR count). The summed E-state index contributed by atoms with van der Waals surface area (Å²) in [6.07, 6.45) is 2.07. The molecule has 0 radical (unpaired) electrons. The first-order chi connectivity index (χ1) is 9.16. The Morgan fingerprint density at radius 1 is 1.21 bits per heavy atom. The molecule has 0 saturated heterocycles. The first-order valence-electron chi connectivity index (χ1n) is 6.16. The molecule has 0 unspecified atom stereocenters. The van der Waals surface area contributed by atoms with Gasteiger partial charge in [0.2, 0.25) is 0 Å². The van der Waals surface area contributed by atoms with Crippen molar-refractivity contribution < 1.29 is 9.90 Å². The summed E-state index contributed by atoms with van der Waals surface area (Å²) in [6.45, 7) is 0. The van der Waals surface area contributed by atoms with Crippen LogP contribution in [0.5, 0.6) is 0 Å². The van der Waals surface area contributed by atoms with E-state index in [1.807, 2.05) is 24.3 Å². The van der Waals surface area contributed by atoms with Crippen LogP contribution in [0.3, 0.4) is 0 Å². The van der Waals surface area contributed by atoms with Crippen LogP contribution in [0, 0.1) is 0 Å². The van der Waals surface area contributed by atoms with Crippen molar-refractivity contribution in [2.45, 2.75) is 18.8 Å². The molecule has 3 nitrogen and oxygen atoms in total. The zero-order valence-corrected chi connectivity index (χ0v) is 11.7. The standard InChI is InChI=1S/C15H12BrNO2/c16-12-4-2-1-3-10(12)13-8-7-11(15(18)19)14(17-13)9-5-6-9/h1-4,7-9H,5-6H2,(H,18,19). The van der Waals surface area contributed by atoms with Gasteiger partial charge >= 0.3 is 5.97 Å². The minimum Gasteiger partial charge on any atom is -0.478 e. The van der Waals surface area contributed by atoms with E-state index >= 15 is 0 Å². The van der Waals surface area contributed by atoms with Crippen LogP contribution in [-0.2, 0) is 0 Å². The van der Waals surface area contributed by atoms with Crippen LogP contribution in [0.15, 0.2) is 40.9 Å². The summed E-state index contributed by atoms with van der Waals surface area (Å²) in [6, 6.07) is 11.3. The van der Waals surface area contributed by atoms with E-state index in [9.17, 15) is 9.90 Å². The fourth-order valence-corrected chi connectivity index (χ4v) is 2.63. The van der Waals surface area contributed by atoms with Crippen LogP contribution in [0.4, 0.5) is 0 Å². The van der Waals surface area contributed by atoms with Gasteiger partial charge in [0.15, 0.2) is 0 Å². The van der Waals surface area contributed by atoms with Crippen molar-refractivity contribution in [3.63, 3.8) is 0 Å². The van der Waals surface area contributed by atoms with Crippen molar-refractivity contribution in [2.75, 3.05) is 0 Å². The zero-order valence-electron chi connectivity index (χ0n) is 10.1. The maximum Gasteiger partial charge on any atom is 0.337 e. The van der Waals surface area contributed by atoms with Crippen LogP contribution in [0.2, 0.25) is 0 Å². The maximum absolute atomic E-state index is 11.2. The van der Waals surface area contributed by atoms with Crippen molar-refractivity contribution in [3.05, 3.63) is 52.1 Å². The fourth-order valence-electron chi connectivity index (χ4n) is 2.14. The molecule has 1 N–H and O–H groups in total. The molecule has 1 heterocycles. The highest BCUT2D eigenvalue weighted by Crippen LogP contribution is 2.41. The summed E-state index contributed by atoms with van der Waals surface area (Å²) in [5, 5.41) is 9.21. The first kappa shape index (κ1) is 12.4. The Kier molecular flexibility index (Phi) is 3.11. The van der Waals surface area contributed by atoms with Crippen LogP contribution in [0.1, 0.15) is 34.8 Å². The molecule has 0 bridgehead atoms. The second-order valence-electron chi connectivity index (χ2n) is 4.69. The van der Waals surface area contributed by atoms with Gasteiger partial charge in [-0.15, -0.1) is 0 Å². The number of nitrogens with zero attached hydrogens (tertiary/aromatic N) is 1. The second-order valence-corrected chi connectivity index (χ2v) is 5.54. The summed E-state index contributed by atoms with van der Waals surface area (Å²) < 4.78 is 0.965. The number of aromatic nitrogens is 1. The molecule has 1 fully saturated rings. The smallest absolute Gasteiger partial charge is 0.337 e. The first-order valence-corrected chi connectivity index (χ1v) is 6.95. The predicted octanol–water partition coefficient (Wildman–Crippen LogP) is 4.09. The number of rotatable bonds is 3. The van der Waals surface area contributed by atoms with E-state index in [1.54, 1.807) is 12.1 Å². The van der Waals surface area contributed by atoms with E-state index in [4.69, 9.17) is 0 Å². The number of hydrogen-bond donors (Lipinski definition) is 1. The zero-order chi connectivity index (χ0) is 13.4. The Balaban J connectivity index is 2.11. The topological polar surface area (TPSA) is 50.2 Å². The van der Waals surface area contributed by atoms with E-state index in [1.165, 1.54) is 0 Å². The number of hydrogen-bond acceptors (Lipinski definition) is 2. The summed E-state index contributed by atoms with van der Waals surface area (Å²) in [5.74, 6) is -0.582. The quantitative estimate of drug-likeness (QED) is 0.927. The van der Waals surface area contributed by atoms with Gasteiger partial charge in [-0.05, 0) is 31.0 Å². The Morgan fingerprint density at radius 2 is 1.95 bits per heavy atom. The van der Waals surface area contributed by atoms with Crippen LogP contribution in [-0.4, -0.2) is 16.1 Å². The highest BCUT2D eigenvalue weighted by atomic mass is 79.9. The van der Waals surface area contributed by atoms with Gasteiger partial charge in [-0.1, -0.05) is 34.1 Å². The molecule has 96 valence electrons. The Bertz CT molecular complexity index is 650. The van der Waals surface area contributed by atoms with Gasteiger partial charge in [-0.25, -0.2) is 4.79 Å². The summed E-state index contributed by atoms with van der Waals surface area (Å²) in [4.78, 5) is 15.8. The van der Waals surface area contributed by atoms with Crippen molar-refractivity contribution in [1.82, 2.24) is 4.98 Å². The Morgan fingerprint density at radius 3 is 2.58 bits per heavy atom. The summed E-state index contributed by atoms with van der Waals surface area (Å²) in [7, 11) is 0. The summed E-state index contributed by atoms with van der Waals surface area (Å²) in [5.41, 5.74) is 2.86. The molecule has 0 spiro atoms. The maximum atomic E-state index is 11.2. The lowest BCUT2D eigenvalue weighted by Crippen LogP contribution is -2.04. The van der Waals surface area contributed by atoms with Gasteiger partial charge in [0.1, 0.15) is 0 Å². The number of pyridine rings is 1. The molecule has 1 aliphatic rings. The van der Waals surface area contributed by atoms with Gasteiger partial charge in [0.25, 0.3) is 0 Å². The average Bonchev–Trinajstić information content (AvgIpc) is 3.23. The molecular weight excluding hydrogens is 306 g/mol. The van der Waals surface area contributed by atoms with Crippen molar-refractivity contribution in [1.29, 1.82) is 0 Å². The van der Waals surface area contributed by atoms with Crippen molar-refractivity contribution >= 4 is 21.9 Å². The molecule has 0 aliphatic heterocycles. The molecule has 1 aliphatic carbocycles. The van der Waals surface area contributed by atoms with E-state index < -0.39 is 5.97 Å². The number of carboxylic acids is 1. The fraction of sp³-hybridized carbons (Fsp3) is 0.200. The van der Waals surface area contributed by atoms with Gasteiger partial charge in [0.05, 0.1) is 17.0 Å². The highest BCUT2D eigenvalue weighted by Gasteiger charge is 2.30. The third kappa shape index (κ3) is 2.40. The molecule has 0 atom stereocenters. The molecule has 0 amide bonds. The molecule has 2 aromatic rings.